The average Bonchev–Trinajstić information content (AvgIpc) is 2.62. The Balaban J connectivity index is 1.78. The summed E-state index contributed by atoms with van der Waals surface area (Å²) in [6.45, 7) is 3.54. The summed E-state index contributed by atoms with van der Waals surface area (Å²) in [4.78, 5) is 36.0. The Morgan fingerprint density at radius 2 is 1.64 bits per heavy atom. The fraction of sp³-hybridized carbons (Fsp3) is 0.250. The van der Waals surface area contributed by atoms with Crippen LogP contribution in [0.5, 0.6) is 0 Å². The molecule has 0 unspecified atom stereocenters. The van der Waals surface area contributed by atoms with Crippen molar-refractivity contribution in [2.45, 2.75) is 26.4 Å². The maximum atomic E-state index is 12.1. The molecule has 25 heavy (non-hydrogen) atoms. The summed E-state index contributed by atoms with van der Waals surface area (Å²) in [6.07, 6.45) is -0.855. The monoisotopic (exact) mass is 339 g/mol. The van der Waals surface area contributed by atoms with Gasteiger partial charge in [-0.1, -0.05) is 48.5 Å². The molecular formula is C20H21NO4. The molecule has 1 N–H and O–H groups in total. The number of amides is 1. The van der Waals surface area contributed by atoms with E-state index in [0.29, 0.717) is 11.1 Å². The minimum absolute atomic E-state index is 0.00400. The number of Topliss-reactive ketones (excluding diaryl/α,β-unsaturated/α-hetero) is 1. The van der Waals surface area contributed by atoms with Crippen molar-refractivity contribution in [2.75, 3.05) is 6.54 Å². The average molecular weight is 339 g/mol. The first-order valence-electron chi connectivity index (χ1n) is 8.11. The molecule has 0 aliphatic carbocycles. The van der Waals surface area contributed by atoms with E-state index < -0.39 is 12.1 Å². The third-order valence-electron chi connectivity index (χ3n) is 3.74. The van der Waals surface area contributed by atoms with E-state index in [1.807, 2.05) is 25.1 Å². The summed E-state index contributed by atoms with van der Waals surface area (Å²) in [5.74, 6) is -1.01. The second-order valence-electron chi connectivity index (χ2n) is 5.68. The van der Waals surface area contributed by atoms with Crippen LogP contribution in [-0.2, 0) is 9.53 Å². The molecule has 1 atom stereocenters. The number of ether oxygens (including phenoxy) is 1. The van der Waals surface area contributed by atoms with E-state index in [4.69, 9.17) is 4.74 Å². The zero-order valence-corrected chi connectivity index (χ0v) is 14.3. The van der Waals surface area contributed by atoms with Crippen LogP contribution in [0.15, 0.2) is 54.6 Å². The van der Waals surface area contributed by atoms with Gasteiger partial charge in [-0.3, -0.25) is 14.4 Å². The lowest BCUT2D eigenvalue weighted by Gasteiger charge is -2.13. The second kappa shape index (κ2) is 8.78. The van der Waals surface area contributed by atoms with Crippen LogP contribution in [0.1, 0.15) is 39.6 Å². The fourth-order valence-corrected chi connectivity index (χ4v) is 2.35. The van der Waals surface area contributed by atoms with Gasteiger partial charge in [0, 0.05) is 17.7 Å². The highest BCUT2D eigenvalue weighted by Crippen LogP contribution is 2.08. The topological polar surface area (TPSA) is 72.5 Å². The third kappa shape index (κ3) is 5.28. The van der Waals surface area contributed by atoms with Gasteiger partial charge in [0.1, 0.15) is 0 Å². The first kappa shape index (κ1) is 18.4. The quantitative estimate of drug-likeness (QED) is 0.622. The molecule has 0 aliphatic heterocycles. The van der Waals surface area contributed by atoms with Crippen molar-refractivity contribution < 1.29 is 19.1 Å². The molecule has 0 radical (unpaired) electrons. The van der Waals surface area contributed by atoms with Crippen LogP contribution >= 0.6 is 0 Å². The van der Waals surface area contributed by atoms with Crippen molar-refractivity contribution in [1.29, 1.82) is 0 Å². The SMILES string of the molecule is Cc1ccccc1C(=O)NCCC(=O)O[C@H](C)C(=O)c1ccccc1. The van der Waals surface area contributed by atoms with Crippen LogP contribution < -0.4 is 5.32 Å². The highest BCUT2D eigenvalue weighted by Gasteiger charge is 2.19. The van der Waals surface area contributed by atoms with Crippen molar-refractivity contribution in [3.05, 3.63) is 71.3 Å². The maximum Gasteiger partial charge on any atom is 0.308 e. The Kier molecular flexibility index (Phi) is 6.46. The number of carbonyl (C=O) groups excluding carboxylic acids is 3. The molecule has 0 saturated heterocycles. The number of ketones is 1. The Labute approximate surface area is 147 Å². The number of aryl methyl sites for hydroxylation is 1. The largest absolute Gasteiger partial charge is 0.454 e. The minimum Gasteiger partial charge on any atom is -0.454 e. The molecule has 1 amide bonds. The molecule has 5 heteroatoms. The summed E-state index contributed by atoms with van der Waals surface area (Å²) in [7, 11) is 0. The van der Waals surface area contributed by atoms with Crippen molar-refractivity contribution in [3.63, 3.8) is 0 Å². The normalized spacial score (nSPS) is 11.4. The van der Waals surface area contributed by atoms with E-state index in [2.05, 4.69) is 5.32 Å². The molecule has 0 spiro atoms. The van der Waals surface area contributed by atoms with E-state index in [-0.39, 0.29) is 24.7 Å². The molecular weight excluding hydrogens is 318 g/mol. The Bertz CT molecular complexity index is 755. The van der Waals surface area contributed by atoms with Crippen LogP contribution in [0.3, 0.4) is 0 Å². The Morgan fingerprint density at radius 3 is 2.32 bits per heavy atom. The van der Waals surface area contributed by atoms with Gasteiger partial charge in [0.05, 0.1) is 6.42 Å². The molecule has 0 saturated carbocycles. The van der Waals surface area contributed by atoms with Crippen molar-refractivity contribution >= 4 is 17.7 Å². The van der Waals surface area contributed by atoms with Crippen LogP contribution in [0.4, 0.5) is 0 Å². The number of carbonyl (C=O) groups is 3. The number of rotatable bonds is 7. The number of benzene rings is 2. The van der Waals surface area contributed by atoms with Crippen molar-refractivity contribution in [3.8, 4) is 0 Å². The highest BCUT2D eigenvalue weighted by molar-refractivity contribution is 6.00. The smallest absolute Gasteiger partial charge is 0.308 e. The van der Waals surface area contributed by atoms with Crippen LogP contribution in [0, 0.1) is 6.92 Å². The van der Waals surface area contributed by atoms with Crippen molar-refractivity contribution in [2.24, 2.45) is 0 Å². The van der Waals surface area contributed by atoms with Gasteiger partial charge in [-0.15, -0.1) is 0 Å². The molecule has 2 rings (SSSR count). The first-order valence-corrected chi connectivity index (χ1v) is 8.11. The molecule has 0 heterocycles. The molecule has 2 aromatic rings. The van der Waals surface area contributed by atoms with E-state index in [1.54, 1.807) is 43.3 Å². The number of nitrogens with one attached hydrogen (secondary N) is 1. The molecule has 2 aromatic carbocycles. The summed E-state index contributed by atoms with van der Waals surface area (Å²) in [5, 5.41) is 2.68. The molecule has 0 aliphatic rings. The fourth-order valence-electron chi connectivity index (χ4n) is 2.35. The Hall–Kier alpha value is -2.95. The van der Waals surface area contributed by atoms with Gasteiger partial charge in [0.2, 0.25) is 5.78 Å². The number of esters is 1. The lowest BCUT2D eigenvalue weighted by molar-refractivity contribution is -0.146. The number of hydrogen-bond donors (Lipinski definition) is 1. The predicted octanol–water partition coefficient (Wildman–Crippen LogP) is 2.93. The third-order valence-corrected chi connectivity index (χ3v) is 3.74. The van der Waals surface area contributed by atoms with E-state index in [0.717, 1.165) is 5.56 Å². The zero-order chi connectivity index (χ0) is 18.2. The molecule has 0 aromatic heterocycles. The lowest BCUT2D eigenvalue weighted by Crippen LogP contribution is -2.29. The van der Waals surface area contributed by atoms with E-state index >= 15 is 0 Å². The van der Waals surface area contributed by atoms with Crippen LogP contribution in [0.2, 0.25) is 0 Å². The van der Waals surface area contributed by atoms with Gasteiger partial charge >= 0.3 is 5.97 Å². The maximum absolute atomic E-state index is 12.1. The lowest BCUT2D eigenvalue weighted by atomic mass is 10.1. The van der Waals surface area contributed by atoms with E-state index in [9.17, 15) is 14.4 Å². The molecule has 0 fully saturated rings. The van der Waals surface area contributed by atoms with Gasteiger partial charge < -0.3 is 10.1 Å². The summed E-state index contributed by atoms with van der Waals surface area (Å²) < 4.78 is 5.14. The minimum atomic E-state index is -0.859. The van der Waals surface area contributed by atoms with Gasteiger partial charge in [-0.25, -0.2) is 0 Å². The standard InChI is InChI=1S/C20H21NO4/c1-14-8-6-7-11-17(14)20(24)21-13-12-18(22)25-15(2)19(23)16-9-4-3-5-10-16/h3-11,15H,12-13H2,1-2H3,(H,21,24)/t15-/m1/s1. The Morgan fingerprint density at radius 1 is 1.00 bits per heavy atom. The highest BCUT2D eigenvalue weighted by atomic mass is 16.5. The van der Waals surface area contributed by atoms with Crippen molar-refractivity contribution in [1.82, 2.24) is 5.32 Å². The van der Waals surface area contributed by atoms with Gasteiger partial charge in [-0.2, -0.15) is 0 Å². The van der Waals surface area contributed by atoms with Gasteiger partial charge in [0.25, 0.3) is 5.91 Å². The summed E-state index contributed by atoms with van der Waals surface area (Å²) in [6, 6.07) is 15.9. The van der Waals surface area contributed by atoms with Gasteiger partial charge in [-0.05, 0) is 25.5 Å². The predicted molar refractivity (Wildman–Crippen MR) is 94.5 cm³/mol. The first-order chi connectivity index (χ1) is 12.0. The second-order valence-corrected chi connectivity index (χ2v) is 5.68. The molecule has 0 bridgehead atoms. The van der Waals surface area contributed by atoms with E-state index in [1.165, 1.54) is 0 Å². The summed E-state index contributed by atoms with van der Waals surface area (Å²) in [5.41, 5.74) is 1.93. The van der Waals surface area contributed by atoms with Gasteiger partial charge in [0.15, 0.2) is 6.10 Å². The molecule has 130 valence electrons. The number of hydrogen-bond acceptors (Lipinski definition) is 4. The van der Waals surface area contributed by atoms with Crippen LogP contribution in [0.25, 0.3) is 0 Å². The summed E-state index contributed by atoms with van der Waals surface area (Å²) >= 11 is 0. The molecule has 5 nitrogen and oxygen atoms in total. The van der Waals surface area contributed by atoms with Crippen LogP contribution in [-0.4, -0.2) is 30.3 Å². The zero-order valence-electron chi connectivity index (χ0n) is 14.3.